The molecule has 2 rings (SSSR count). The molecule has 2 heterocycles. The summed E-state index contributed by atoms with van der Waals surface area (Å²) in [7, 11) is 0. The Bertz CT molecular complexity index is 364. The topological polar surface area (TPSA) is 55.9 Å². The van der Waals surface area contributed by atoms with Crippen molar-refractivity contribution in [2.75, 3.05) is 12.3 Å². The Labute approximate surface area is 92.8 Å². The summed E-state index contributed by atoms with van der Waals surface area (Å²) in [5.41, 5.74) is 7.17. The van der Waals surface area contributed by atoms with Crippen LogP contribution in [0.15, 0.2) is 6.20 Å². The van der Waals surface area contributed by atoms with Crippen molar-refractivity contribution in [3.05, 3.63) is 11.9 Å². The number of hydrogen-bond acceptors (Lipinski definition) is 3. The first-order chi connectivity index (χ1) is 7.59. The van der Waals surface area contributed by atoms with Crippen molar-refractivity contribution >= 4 is 5.69 Å². The summed E-state index contributed by atoms with van der Waals surface area (Å²) in [5, 5.41) is 6.97. The van der Waals surface area contributed by atoms with E-state index in [9.17, 15) is 8.78 Å². The average Bonchev–Trinajstić information content (AvgIpc) is 2.60. The molecule has 0 spiro atoms. The summed E-state index contributed by atoms with van der Waals surface area (Å²) in [6, 6.07) is -0.707. The Morgan fingerprint density at radius 3 is 2.94 bits per heavy atom. The molecule has 1 saturated heterocycles. The minimum Gasteiger partial charge on any atom is -0.396 e. The molecule has 0 radical (unpaired) electrons. The summed E-state index contributed by atoms with van der Waals surface area (Å²) in [6.45, 7) is 2.46. The number of anilines is 1. The van der Waals surface area contributed by atoms with E-state index < -0.39 is 12.5 Å². The second kappa shape index (κ2) is 4.37. The lowest BCUT2D eigenvalue weighted by Gasteiger charge is -2.30. The van der Waals surface area contributed by atoms with Crippen LogP contribution in [0.2, 0.25) is 0 Å². The van der Waals surface area contributed by atoms with Crippen molar-refractivity contribution < 1.29 is 8.78 Å². The quantitative estimate of drug-likeness (QED) is 0.806. The monoisotopic (exact) mass is 230 g/mol. The average molecular weight is 230 g/mol. The van der Waals surface area contributed by atoms with E-state index in [-0.39, 0.29) is 6.04 Å². The van der Waals surface area contributed by atoms with Crippen LogP contribution in [0.5, 0.6) is 0 Å². The summed E-state index contributed by atoms with van der Waals surface area (Å²) in [5.74, 6) is 0. The first-order valence-electron chi connectivity index (χ1n) is 5.40. The molecule has 1 aromatic rings. The third-order valence-corrected chi connectivity index (χ3v) is 3.14. The summed E-state index contributed by atoms with van der Waals surface area (Å²) >= 11 is 0. The van der Waals surface area contributed by atoms with Gasteiger partial charge in [-0.15, -0.1) is 0 Å². The minimum absolute atomic E-state index is 0.0255. The molecule has 90 valence electrons. The van der Waals surface area contributed by atoms with Gasteiger partial charge in [-0.2, -0.15) is 5.10 Å². The highest BCUT2D eigenvalue weighted by molar-refractivity contribution is 5.39. The molecule has 4 nitrogen and oxygen atoms in total. The molecule has 1 aliphatic rings. The Balaban J connectivity index is 2.13. The Morgan fingerprint density at radius 2 is 2.38 bits per heavy atom. The molecule has 0 bridgehead atoms. The second-order valence-electron chi connectivity index (χ2n) is 4.20. The Kier molecular flexibility index (Phi) is 3.09. The maximum atomic E-state index is 12.6. The predicted octanol–water partition coefficient (Wildman–Crippen LogP) is 1.33. The van der Waals surface area contributed by atoms with Crippen molar-refractivity contribution in [3.63, 3.8) is 0 Å². The van der Waals surface area contributed by atoms with E-state index in [1.165, 1.54) is 0 Å². The van der Waals surface area contributed by atoms with Gasteiger partial charge in [0.2, 0.25) is 0 Å². The van der Waals surface area contributed by atoms with Gasteiger partial charge in [0, 0.05) is 0 Å². The van der Waals surface area contributed by atoms with Gasteiger partial charge in [-0.3, -0.25) is 4.68 Å². The molecule has 0 aliphatic carbocycles. The van der Waals surface area contributed by atoms with Gasteiger partial charge in [-0.05, 0) is 26.3 Å². The van der Waals surface area contributed by atoms with E-state index in [1.807, 2.05) is 6.92 Å². The highest BCUT2D eigenvalue weighted by atomic mass is 19.3. The van der Waals surface area contributed by atoms with Crippen LogP contribution >= 0.6 is 0 Å². The zero-order valence-electron chi connectivity index (χ0n) is 9.16. The highest BCUT2D eigenvalue weighted by Gasteiger charge is 2.29. The lowest BCUT2D eigenvalue weighted by molar-refractivity contribution is 0.0716. The van der Waals surface area contributed by atoms with Gasteiger partial charge in [0.1, 0.15) is 0 Å². The highest BCUT2D eigenvalue weighted by Crippen LogP contribution is 2.26. The number of nitrogens with zero attached hydrogens (tertiary/aromatic N) is 2. The largest absolute Gasteiger partial charge is 0.396 e. The molecule has 16 heavy (non-hydrogen) atoms. The lowest BCUT2D eigenvalue weighted by atomic mass is 9.99. The fourth-order valence-electron chi connectivity index (χ4n) is 2.15. The maximum Gasteiger partial charge on any atom is 0.253 e. The molecule has 6 heteroatoms. The van der Waals surface area contributed by atoms with Gasteiger partial charge in [0.05, 0.1) is 29.7 Å². The van der Waals surface area contributed by atoms with E-state index in [0.717, 1.165) is 12.1 Å². The third kappa shape index (κ3) is 2.02. The zero-order valence-corrected chi connectivity index (χ0v) is 9.16. The Hall–Kier alpha value is -1.17. The van der Waals surface area contributed by atoms with Crippen LogP contribution in [0.1, 0.15) is 24.6 Å². The number of aromatic nitrogens is 2. The molecule has 0 amide bonds. The summed E-state index contributed by atoms with van der Waals surface area (Å²) in [4.78, 5) is 0. The number of alkyl halides is 2. The van der Waals surface area contributed by atoms with Crippen LogP contribution in [-0.4, -0.2) is 28.8 Å². The number of nitrogen functional groups attached to an aromatic ring is 1. The molecule has 1 unspecified atom stereocenters. The van der Waals surface area contributed by atoms with Crippen molar-refractivity contribution in [2.24, 2.45) is 0 Å². The van der Waals surface area contributed by atoms with Crippen molar-refractivity contribution in [3.8, 4) is 0 Å². The number of piperidine rings is 1. The molecule has 0 saturated carbocycles. The van der Waals surface area contributed by atoms with Gasteiger partial charge >= 0.3 is 0 Å². The van der Waals surface area contributed by atoms with Gasteiger partial charge < -0.3 is 11.1 Å². The number of nitrogens with one attached hydrogen (secondary N) is 1. The van der Waals surface area contributed by atoms with E-state index >= 15 is 0 Å². The molecular weight excluding hydrogens is 214 g/mol. The fourth-order valence-corrected chi connectivity index (χ4v) is 2.15. The summed E-state index contributed by atoms with van der Waals surface area (Å²) in [6.07, 6.45) is 0.468. The van der Waals surface area contributed by atoms with E-state index in [4.69, 9.17) is 5.73 Å². The van der Waals surface area contributed by atoms with E-state index in [0.29, 0.717) is 18.7 Å². The number of halogens is 2. The molecule has 0 aromatic carbocycles. The van der Waals surface area contributed by atoms with E-state index in [2.05, 4.69) is 10.4 Å². The standard InChI is InChI=1S/C10H16F2N4/c1-6-8(13)5-15-16(6)7-2-3-14-9(4-7)10(11)12/h5,7,9-10,14H,2-4,13H2,1H3/t7-,9?/m1/s1. The fraction of sp³-hybridized carbons (Fsp3) is 0.700. The minimum atomic E-state index is -2.32. The molecule has 1 fully saturated rings. The maximum absolute atomic E-state index is 12.6. The molecular formula is C10H16F2N4. The second-order valence-corrected chi connectivity index (χ2v) is 4.20. The molecule has 1 aliphatic heterocycles. The van der Waals surface area contributed by atoms with Crippen LogP contribution in [0, 0.1) is 6.92 Å². The van der Waals surface area contributed by atoms with Gasteiger partial charge in [-0.1, -0.05) is 0 Å². The first kappa shape index (κ1) is 11.3. The van der Waals surface area contributed by atoms with Gasteiger partial charge in [0.25, 0.3) is 6.43 Å². The number of hydrogen-bond donors (Lipinski definition) is 2. The SMILES string of the molecule is Cc1c(N)cnn1[C@@H]1CCNC(C(F)F)C1. The Morgan fingerprint density at radius 1 is 1.62 bits per heavy atom. The summed E-state index contributed by atoms with van der Waals surface area (Å²) < 4.78 is 27.0. The number of nitrogens with two attached hydrogens (primary N) is 1. The van der Waals surface area contributed by atoms with Crippen molar-refractivity contribution in [1.29, 1.82) is 0 Å². The van der Waals surface area contributed by atoms with Crippen LogP contribution in [0.4, 0.5) is 14.5 Å². The van der Waals surface area contributed by atoms with Crippen LogP contribution in [0.25, 0.3) is 0 Å². The zero-order chi connectivity index (χ0) is 11.7. The van der Waals surface area contributed by atoms with E-state index in [1.54, 1.807) is 10.9 Å². The van der Waals surface area contributed by atoms with Crippen molar-refractivity contribution in [1.82, 2.24) is 15.1 Å². The van der Waals surface area contributed by atoms with Crippen LogP contribution in [0.3, 0.4) is 0 Å². The molecule has 2 atom stereocenters. The van der Waals surface area contributed by atoms with Gasteiger partial charge in [0.15, 0.2) is 0 Å². The normalized spacial score (nSPS) is 26.2. The van der Waals surface area contributed by atoms with Crippen molar-refractivity contribution in [2.45, 2.75) is 38.3 Å². The first-order valence-corrected chi connectivity index (χ1v) is 5.40. The smallest absolute Gasteiger partial charge is 0.253 e. The molecule has 3 N–H and O–H groups in total. The third-order valence-electron chi connectivity index (χ3n) is 3.14. The number of rotatable bonds is 2. The van der Waals surface area contributed by atoms with Gasteiger partial charge in [-0.25, -0.2) is 8.78 Å². The van der Waals surface area contributed by atoms with Crippen LogP contribution < -0.4 is 11.1 Å². The predicted molar refractivity (Wildman–Crippen MR) is 57.4 cm³/mol. The molecule has 1 aromatic heterocycles. The lowest BCUT2D eigenvalue weighted by Crippen LogP contribution is -2.43. The van der Waals surface area contributed by atoms with Crippen LogP contribution in [-0.2, 0) is 0 Å².